The summed E-state index contributed by atoms with van der Waals surface area (Å²) >= 11 is 0. The maximum atomic E-state index is 11.4. The molecule has 0 aromatic rings. The van der Waals surface area contributed by atoms with Crippen LogP contribution in [0.3, 0.4) is 0 Å². The molecule has 138 valence electrons. The molecular formula is C15H30O7S. The smallest absolute Gasteiger partial charge is 0.394 e. The zero-order chi connectivity index (χ0) is 17.6. The standard InChI is InChI=1S/C15H30O7S/c1-2-3-4-5-6-7-8-9-10-11-15(18)22-23(19,20)21-13-14(17)12-16/h14,16-17H,2-13H2,1H3. The monoisotopic (exact) mass is 354 g/mol. The van der Waals surface area contributed by atoms with Gasteiger partial charge in [0.05, 0.1) is 13.2 Å². The van der Waals surface area contributed by atoms with Crippen LogP contribution in [0.15, 0.2) is 0 Å². The number of aliphatic hydroxyl groups excluding tert-OH is 2. The van der Waals surface area contributed by atoms with Crippen LogP contribution in [0.5, 0.6) is 0 Å². The highest BCUT2D eigenvalue weighted by molar-refractivity contribution is 7.82. The van der Waals surface area contributed by atoms with Gasteiger partial charge in [-0.3, -0.25) is 4.79 Å². The highest BCUT2D eigenvalue weighted by atomic mass is 32.3. The first-order chi connectivity index (χ1) is 10.9. The van der Waals surface area contributed by atoms with E-state index in [1.54, 1.807) is 0 Å². The average Bonchev–Trinajstić information content (AvgIpc) is 2.50. The van der Waals surface area contributed by atoms with Gasteiger partial charge in [-0.2, -0.15) is 8.42 Å². The molecule has 7 nitrogen and oxygen atoms in total. The molecule has 0 spiro atoms. The summed E-state index contributed by atoms with van der Waals surface area (Å²) in [5.41, 5.74) is 0. The summed E-state index contributed by atoms with van der Waals surface area (Å²) in [6.45, 7) is 0.894. The zero-order valence-corrected chi connectivity index (χ0v) is 14.7. The number of hydrogen-bond donors (Lipinski definition) is 2. The van der Waals surface area contributed by atoms with Crippen LogP contribution in [-0.4, -0.2) is 43.9 Å². The molecule has 1 unspecified atom stereocenters. The van der Waals surface area contributed by atoms with Crippen LogP contribution >= 0.6 is 0 Å². The third-order valence-corrected chi connectivity index (χ3v) is 4.11. The first kappa shape index (κ1) is 22.3. The fraction of sp³-hybridized carbons (Fsp3) is 0.933. The Balaban J connectivity index is 3.62. The predicted molar refractivity (Wildman–Crippen MR) is 85.9 cm³/mol. The van der Waals surface area contributed by atoms with Crippen molar-refractivity contribution in [2.75, 3.05) is 13.2 Å². The van der Waals surface area contributed by atoms with Crippen LogP contribution in [0, 0.1) is 0 Å². The van der Waals surface area contributed by atoms with Gasteiger partial charge in [-0.1, -0.05) is 58.3 Å². The largest absolute Gasteiger partial charge is 0.451 e. The third kappa shape index (κ3) is 14.6. The van der Waals surface area contributed by atoms with Gasteiger partial charge in [-0.05, 0) is 6.42 Å². The normalized spacial score (nSPS) is 13.0. The summed E-state index contributed by atoms with van der Waals surface area (Å²) in [6, 6.07) is 0. The fourth-order valence-electron chi connectivity index (χ4n) is 1.97. The van der Waals surface area contributed by atoms with Gasteiger partial charge in [-0.25, -0.2) is 4.18 Å². The van der Waals surface area contributed by atoms with Gasteiger partial charge in [0.2, 0.25) is 0 Å². The molecule has 0 bridgehead atoms. The van der Waals surface area contributed by atoms with Crippen molar-refractivity contribution < 1.29 is 31.8 Å². The van der Waals surface area contributed by atoms with Gasteiger partial charge in [0.1, 0.15) is 6.10 Å². The summed E-state index contributed by atoms with van der Waals surface area (Å²) in [7, 11) is -4.47. The summed E-state index contributed by atoms with van der Waals surface area (Å²) in [5, 5.41) is 17.5. The SMILES string of the molecule is CCCCCCCCCCCC(=O)OS(=O)(=O)OCC(O)CO. The Morgan fingerprint density at radius 1 is 1.00 bits per heavy atom. The van der Waals surface area contributed by atoms with E-state index >= 15 is 0 Å². The van der Waals surface area contributed by atoms with Gasteiger partial charge >= 0.3 is 16.4 Å². The van der Waals surface area contributed by atoms with Crippen LogP contribution < -0.4 is 0 Å². The van der Waals surface area contributed by atoms with E-state index in [1.165, 1.54) is 32.1 Å². The number of unbranched alkanes of at least 4 members (excludes halogenated alkanes) is 8. The van der Waals surface area contributed by atoms with E-state index < -0.39 is 35.7 Å². The van der Waals surface area contributed by atoms with Crippen molar-refractivity contribution in [3.8, 4) is 0 Å². The zero-order valence-electron chi connectivity index (χ0n) is 13.9. The molecular weight excluding hydrogens is 324 g/mol. The lowest BCUT2D eigenvalue weighted by atomic mass is 10.1. The van der Waals surface area contributed by atoms with E-state index in [9.17, 15) is 13.2 Å². The van der Waals surface area contributed by atoms with Crippen molar-refractivity contribution in [1.82, 2.24) is 0 Å². The van der Waals surface area contributed by atoms with Crippen molar-refractivity contribution in [3.63, 3.8) is 0 Å². The molecule has 8 heteroatoms. The Labute approximate surface area is 139 Å². The van der Waals surface area contributed by atoms with Crippen molar-refractivity contribution in [2.45, 2.75) is 77.2 Å². The molecule has 0 aliphatic carbocycles. The summed E-state index contributed by atoms with van der Waals surface area (Å²) in [6.07, 6.45) is 8.46. The second kappa shape index (κ2) is 13.7. The molecule has 0 saturated carbocycles. The Hall–Kier alpha value is -0.700. The first-order valence-corrected chi connectivity index (χ1v) is 9.65. The highest BCUT2D eigenvalue weighted by Gasteiger charge is 2.19. The number of rotatable bonds is 15. The van der Waals surface area contributed by atoms with Crippen molar-refractivity contribution in [1.29, 1.82) is 0 Å². The molecule has 23 heavy (non-hydrogen) atoms. The lowest BCUT2D eigenvalue weighted by molar-refractivity contribution is -0.134. The number of hydrogen-bond acceptors (Lipinski definition) is 7. The second-order valence-corrected chi connectivity index (χ2v) is 6.78. The minimum Gasteiger partial charge on any atom is -0.394 e. The van der Waals surface area contributed by atoms with Crippen LogP contribution in [0.1, 0.15) is 71.1 Å². The topological polar surface area (TPSA) is 110 Å². The molecule has 0 heterocycles. The van der Waals surface area contributed by atoms with E-state index in [-0.39, 0.29) is 6.42 Å². The summed E-state index contributed by atoms with van der Waals surface area (Å²) in [5.74, 6) is -0.869. The Morgan fingerprint density at radius 2 is 1.52 bits per heavy atom. The Kier molecular flexibility index (Phi) is 13.3. The van der Waals surface area contributed by atoms with E-state index in [1.807, 2.05) is 0 Å². The molecule has 2 N–H and O–H groups in total. The molecule has 0 aromatic heterocycles. The molecule has 1 atom stereocenters. The van der Waals surface area contributed by atoms with Gasteiger partial charge in [0.25, 0.3) is 0 Å². The van der Waals surface area contributed by atoms with Crippen LogP contribution in [-0.2, 0) is 23.6 Å². The maximum Gasteiger partial charge on any atom is 0.451 e. The first-order valence-electron chi connectivity index (χ1n) is 8.32. The van der Waals surface area contributed by atoms with Gasteiger partial charge in [-0.15, -0.1) is 0 Å². The molecule has 0 aliphatic rings. The maximum absolute atomic E-state index is 11.4. The lowest BCUT2D eigenvalue weighted by Gasteiger charge is -2.08. The van der Waals surface area contributed by atoms with Gasteiger partial charge in [0.15, 0.2) is 0 Å². The Bertz CT molecular complexity index is 395. The predicted octanol–water partition coefficient (Wildman–Crippen LogP) is 2.07. The number of carbonyl (C=O) groups excluding carboxylic acids is 1. The minimum absolute atomic E-state index is 0.0149. The molecule has 0 saturated heterocycles. The van der Waals surface area contributed by atoms with Crippen LogP contribution in [0.4, 0.5) is 0 Å². The van der Waals surface area contributed by atoms with Crippen molar-refractivity contribution in [3.05, 3.63) is 0 Å². The fourth-order valence-corrected chi connectivity index (χ4v) is 2.66. The molecule has 0 aromatic carbocycles. The summed E-state index contributed by atoms with van der Waals surface area (Å²) < 4.78 is 31.0. The second-order valence-electron chi connectivity index (χ2n) is 5.56. The third-order valence-electron chi connectivity index (χ3n) is 3.29. The highest BCUT2D eigenvalue weighted by Crippen LogP contribution is 2.11. The quantitative estimate of drug-likeness (QED) is 0.433. The number of carbonyl (C=O) groups is 1. The summed E-state index contributed by atoms with van der Waals surface area (Å²) in [4.78, 5) is 11.4. The molecule has 0 amide bonds. The van der Waals surface area contributed by atoms with Gasteiger partial charge < -0.3 is 14.4 Å². The Morgan fingerprint density at radius 3 is 2.04 bits per heavy atom. The van der Waals surface area contributed by atoms with E-state index in [4.69, 9.17) is 10.2 Å². The number of aliphatic hydroxyl groups is 2. The minimum atomic E-state index is -4.47. The lowest BCUT2D eigenvalue weighted by Crippen LogP contribution is -2.24. The van der Waals surface area contributed by atoms with Gasteiger partial charge in [0, 0.05) is 6.42 Å². The molecule has 0 aliphatic heterocycles. The van der Waals surface area contributed by atoms with Crippen LogP contribution in [0.2, 0.25) is 0 Å². The van der Waals surface area contributed by atoms with Crippen molar-refractivity contribution in [2.24, 2.45) is 0 Å². The van der Waals surface area contributed by atoms with Crippen molar-refractivity contribution >= 4 is 16.4 Å². The van der Waals surface area contributed by atoms with E-state index in [0.29, 0.717) is 6.42 Å². The van der Waals surface area contributed by atoms with E-state index in [0.717, 1.165) is 19.3 Å². The molecule has 0 radical (unpaired) electrons. The molecule has 0 rings (SSSR count). The van der Waals surface area contributed by atoms with E-state index in [2.05, 4.69) is 15.3 Å². The molecule has 0 fully saturated rings. The van der Waals surface area contributed by atoms with Crippen LogP contribution in [0.25, 0.3) is 0 Å². The average molecular weight is 354 g/mol.